The van der Waals surface area contributed by atoms with Crippen LogP contribution in [0.5, 0.6) is 5.75 Å². The Morgan fingerprint density at radius 1 is 1.27 bits per heavy atom. The highest BCUT2D eigenvalue weighted by Crippen LogP contribution is 2.24. The van der Waals surface area contributed by atoms with Crippen molar-refractivity contribution in [3.05, 3.63) is 18.2 Å². The molecule has 0 aromatic heterocycles. The SMILES string of the molecule is CCOc1cc(N)cc(NC(C)(C)C)c1. The second-order valence-electron chi connectivity index (χ2n) is 4.60. The first kappa shape index (κ1) is 11.7. The third-order valence-electron chi connectivity index (χ3n) is 1.76. The maximum atomic E-state index is 5.79. The second-order valence-corrected chi connectivity index (χ2v) is 4.60. The molecule has 0 heterocycles. The molecule has 0 aliphatic carbocycles. The van der Waals surface area contributed by atoms with E-state index in [1.165, 1.54) is 0 Å². The molecule has 0 saturated heterocycles. The predicted octanol–water partition coefficient (Wildman–Crippen LogP) is 2.88. The summed E-state index contributed by atoms with van der Waals surface area (Å²) >= 11 is 0. The Bertz CT molecular complexity index is 329. The van der Waals surface area contributed by atoms with Gasteiger partial charge >= 0.3 is 0 Å². The maximum Gasteiger partial charge on any atom is 0.123 e. The number of nitrogens with two attached hydrogens (primary N) is 1. The van der Waals surface area contributed by atoms with Crippen LogP contribution in [-0.2, 0) is 0 Å². The van der Waals surface area contributed by atoms with Gasteiger partial charge in [-0.1, -0.05) is 0 Å². The van der Waals surface area contributed by atoms with Crippen molar-refractivity contribution in [3.63, 3.8) is 0 Å². The summed E-state index contributed by atoms with van der Waals surface area (Å²) in [6.45, 7) is 8.93. The van der Waals surface area contributed by atoms with Gasteiger partial charge in [-0.25, -0.2) is 0 Å². The molecule has 1 aromatic carbocycles. The van der Waals surface area contributed by atoms with Crippen molar-refractivity contribution in [1.29, 1.82) is 0 Å². The quantitative estimate of drug-likeness (QED) is 0.751. The molecule has 15 heavy (non-hydrogen) atoms. The fraction of sp³-hybridized carbons (Fsp3) is 0.500. The van der Waals surface area contributed by atoms with Gasteiger partial charge in [-0.2, -0.15) is 0 Å². The molecule has 0 saturated carbocycles. The van der Waals surface area contributed by atoms with E-state index in [-0.39, 0.29) is 5.54 Å². The highest BCUT2D eigenvalue weighted by Gasteiger charge is 2.10. The first-order valence-electron chi connectivity index (χ1n) is 5.22. The zero-order valence-electron chi connectivity index (χ0n) is 9.92. The molecule has 0 unspecified atom stereocenters. The summed E-state index contributed by atoms with van der Waals surface area (Å²) in [5.41, 5.74) is 7.52. The normalized spacial score (nSPS) is 11.2. The van der Waals surface area contributed by atoms with Crippen molar-refractivity contribution in [3.8, 4) is 5.75 Å². The fourth-order valence-corrected chi connectivity index (χ4v) is 1.38. The van der Waals surface area contributed by atoms with E-state index < -0.39 is 0 Å². The summed E-state index contributed by atoms with van der Waals surface area (Å²) in [6, 6.07) is 5.70. The summed E-state index contributed by atoms with van der Waals surface area (Å²) in [5.74, 6) is 0.809. The molecule has 3 nitrogen and oxygen atoms in total. The summed E-state index contributed by atoms with van der Waals surface area (Å²) in [4.78, 5) is 0. The minimum atomic E-state index is 0.0251. The van der Waals surface area contributed by atoms with E-state index in [0.29, 0.717) is 12.3 Å². The number of anilines is 2. The van der Waals surface area contributed by atoms with E-state index in [9.17, 15) is 0 Å². The lowest BCUT2D eigenvalue weighted by Gasteiger charge is -2.22. The molecule has 0 aliphatic rings. The third-order valence-corrected chi connectivity index (χ3v) is 1.76. The van der Waals surface area contributed by atoms with Crippen LogP contribution >= 0.6 is 0 Å². The van der Waals surface area contributed by atoms with Gasteiger partial charge in [0.15, 0.2) is 0 Å². The molecule has 0 radical (unpaired) electrons. The van der Waals surface area contributed by atoms with Gasteiger partial charge in [0.1, 0.15) is 5.75 Å². The molecule has 0 amide bonds. The van der Waals surface area contributed by atoms with E-state index in [2.05, 4.69) is 26.1 Å². The lowest BCUT2D eigenvalue weighted by Crippen LogP contribution is -2.26. The van der Waals surface area contributed by atoms with Crippen LogP contribution in [0.15, 0.2) is 18.2 Å². The Morgan fingerprint density at radius 2 is 1.93 bits per heavy atom. The number of hydrogen-bond donors (Lipinski definition) is 2. The molecule has 3 N–H and O–H groups in total. The number of ether oxygens (including phenoxy) is 1. The van der Waals surface area contributed by atoms with Crippen molar-refractivity contribution in [1.82, 2.24) is 0 Å². The van der Waals surface area contributed by atoms with Crippen molar-refractivity contribution in [2.24, 2.45) is 0 Å². The zero-order chi connectivity index (χ0) is 11.5. The van der Waals surface area contributed by atoms with E-state index in [0.717, 1.165) is 11.4 Å². The smallest absolute Gasteiger partial charge is 0.123 e. The number of benzene rings is 1. The van der Waals surface area contributed by atoms with E-state index in [1.54, 1.807) is 0 Å². The molecular weight excluding hydrogens is 188 g/mol. The van der Waals surface area contributed by atoms with Crippen LogP contribution in [0.2, 0.25) is 0 Å². The number of rotatable bonds is 3. The van der Waals surface area contributed by atoms with Gasteiger partial charge in [0.2, 0.25) is 0 Å². The molecule has 0 spiro atoms. The summed E-state index contributed by atoms with van der Waals surface area (Å²) in [7, 11) is 0. The van der Waals surface area contributed by atoms with Gasteiger partial charge in [-0.15, -0.1) is 0 Å². The molecule has 0 aliphatic heterocycles. The molecule has 0 atom stereocenters. The average molecular weight is 208 g/mol. The topological polar surface area (TPSA) is 47.3 Å². The number of hydrogen-bond acceptors (Lipinski definition) is 3. The van der Waals surface area contributed by atoms with Gasteiger partial charge in [-0.05, 0) is 33.8 Å². The van der Waals surface area contributed by atoms with E-state index in [1.807, 2.05) is 25.1 Å². The minimum absolute atomic E-state index is 0.0251. The molecule has 0 bridgehead atoms. The van der Waals surface area contributed by atoms with Crippen molar-refractivity contribution in [2.45, 2.75) is 33.2 Å². The summed E-state index contributed by atoms with van der Waals surface area (Å²) in [6.07, 6.45) is 0. The lowest BCUT2D eigenvalue weighted by molar-refractivity contribution is 0.340. The second kappa shape index (κ2) is 4.43. The van der Waals surface area contributed by atoms with E-state index >= 15 is 0 Å². The Hall–Kier alpha value is -1.38. The average Bonchev–Trinajstić information content (AvgIpc) is 1.99. The number of nitrogen functional groups attached to an aromatic ring is 1. The van der Waals surface area contributed by atoms with Crippen LogP contribution in [-0.4, -0.2) is 12.1 Å². The molecule has 1 rings (SSSR count). The van der Waals surface area contributed by atoms with Gasteiger partial charge in [0.05, 0.1) is 6.61 Å². The number of nitrogens with one attached hydrogen (secondary N) is 1. The van der Waals surface area contributed by atoms with Crippen LogP contribution in [0.4, 0.5) is 11.4 Å². The molecule has 3 heteroatoms. The summed E-state index contributed by atoms with van der Waals surface area (Å²) in [5, 5.41) is 3.36. The van der Waals surface area contributed by atoms with Gasteiger partial charge < -0.3 is 15.8 Å². The Balaban J connectivity index is 2.88. The molecular formula is C12H20N2O. The third kappa shape index (κ3) is 4.11. The van der Waals surface area contributed by atoms with Gasteiger partial charge in [0, 0.05) is 29.0 Å². The molecule has 84 valence electrons. The highest BCUT2D eigenvalue weighted by molar-refractivity contribution is 5.59. The van der Waals surface area contributed by atoms with Crippen LogP contribution in [0.25, 0.3) is 0 Å². The van der Waals surface area contributed by atoms with Crippen LogP contribution in [0, 0.1) is 0 Å². The molecule has 1 aromatic rings. The van der Waals surface area contributed by atoms with Crippen LogP contribution in [0.3, 0.4) is 0 Å². The largest absolute Gasteiger partial charge is 0.494 e. The lowest BCUT2D eigenvalue weighted by atomic mass is 10.1. The highest BCUT2D eigenvalue weighted by atomic mass is 16.5. The Morgan fingerprint density at radius 3 is 2.47 bits per heavy atom. The molecule has 0 fully saturated rings. The van der Waals surface area contributed by atoms with Crippen molar-refractivity contribution >= 4 is 11.4 Å². The van der Waals surface area contributed by atoms with Gasteiger partial charge in [-0.3, -0.25) is 0 Å². The summed E-state index contributed by atoms with van der Waals surface area (Å²) < 4.78 is 5.42. The predicted molar refractivity (Wildman–Crippen MR) is 65.4 cm³/mol. The first-order chi connectivity index (χ1) is 6.90. The Labute approximate surface area is 91.6 Å². The maximum absolute atomic E-state index is 5.79. The van der Waals surface area contributed by atoms with Crippen LogP contribution in [0.1, 0.15) is 27.7 Å². The first-order valence-corrected chi connectivity index (χ1v) is 5.22. The zero-order valence-corrected chi connectivity index (χ0v) is 9.92. The van der Waals surface area contributed by atoms with Crippen molar-refractivity contribution in [2.75, 3.05) is 17.7 Å². The fourth-order valence-electron chi connectivity index (χ4n) is 1.38. The van der Waals surface area contributed by atoms with E-state index in [4.69, 9.17) is 10.5 Å². The minimum Gasteiger partial charge on any atom is -0.494 e. The standard InChI is InChI=1S/C12H20N2O/c1-5-15-11-7-9(13)6-10(8-11)14-12(2,3)4/h6-8,14H,5,13H2,1-4H3. The van der Waals surface area contributed by atoms with Crippen molar-refractivity contribution < 1.29 is 4.74 Å². The van der Waals surface area contributed by atoms with Crippen LogP contribution < -0.4 is 15.8 Å². The Kier molecular flexibility index (Phi) is 3.45. The monoisotopic (exact) mass is 208 g/mol. The van der Waals surface area contributed by atoms with Gasteiger partial charge in [0.25, 0.3) is 0 Å².